The number of benzene rings is 1. The van der Waals surface area contributed by atoms with Gasteiger partial charge in [0, 0.05) is 35.8 Å². The lowest BCUT2D eigenvalue weighted by Crippen LogP contribution is -2.73. The van der Waals surface area contributed by atoms with Crippen molar-refractivity contribution >= 4 is 11.8 Å². The first-order valence-electron chi connectivity index (χ1n) is 11.9. The molecule has 3 heterocycles. The molecule has 3 fully saturated rings. The van der Waals surface area contributed by atoms with Crippen molar-refractivity contribution in [1.29, 1.82) is 0 Å². The van der Waals surface area contributed by atoms with Gasteiger partial charge in [-0.05, 0) is 42.7 Å². The highest BCUT2D eigenvalue weighted by Crippen LogP contribution is 2.43. The molecular formula is C27H29N3O3. The van der Waals surface area contributed by atoms with Gasteiger partial charge in [-0.2, -0.15) is 0 Å². The Hall–Kier alpha value is -3.17. The van der Waals surface area contributed by atoms with E-state index in [0.717, 1.165) is 11.1 Å². The normalized spacial score (nSPS) is 24.6. The van der Waals surface area contributed by atoms with Crippen molar-refractivity contribution in [3.8, 4) is 11.8 Å². The highest BCUT2D eigenvalue weighted by Gasteiger charge is 2.54. The van der Waals surface area contributed by atoms with Crippen LogP contribution in [0.5, 0.6) is 0 Å². The van der Waals surface area contributed by atoms with E-state index in [2.05, 4.69) is 29.0 Å². The molecule has 1 saturated carbocycles. The number of hydrogen-bond acceptors (Lipinski definition) is 4. The minimum absolute atomic E-state index is 0.00115. The van der Waals surface area contributed by atoms with Crippen molar-refractivity contribution in [1.82, 2.24) is 14.8 Å². The van der Waals surface area contributed by atoms with Crippen LogP contribution in [0.25, 0.3) is 0 Å². The number of pyridine rings is 1. The van der Waals surface area contributed by atoms with E-state index in [4.69, 9.17) is 0 Å². The highest BCUT2D eigenvalue weighted by molar-refractivity contribution is 5.88. The second-order valence-corrected chi connectivity index (χ2v) is 9.29. The zero-order chi connectivity index (χ0) is 22.8. The topological polar surface area (TPSA) is 73.7 Å². The van der Waals surface area contributed by atoms with E-state index in [0.29, 0.717) is 18.2 Å². The number of amides is 2. The highest BCUT2D eigenvalue weighted by atomic mass is 16.3. The van der Waals surface area contributed by atoms with Gasteiger partial charge in [-0.15, -0.1) is 0 Å². The summed E-state index contributed by atoms with van der Waals surface area (Å²) in [7, 11) is 0. The molecule has 1 aromatic heterocycles. The molecule has 0 bridgehead atoms. The van der Waals surface area contributed by atoms with Crippen molar-refractivity contribution in [2.24, 2.45) is 5.92 Å². The van der Waals surface area contributed by atoms with Crippen molar-refractivity contribution in [2.45, 2.75) is 50.1 Å². The van der Waals surface area contributed by atoms with E-state index in [1.54, 1.807) is 16.0 Å². The lowest BCUT2D eigenvalue weighted by molar-refractivity contribution is -0.166. The monoisotopic (exact) mass is 443 g/mol. The van der Waals surface area contributed by atoms with Crippen LogP contribution in [0.1, 0.15) is 48.4 Å². The van der Waals surface area contributed by atoms with Gasteiger partial charge >= 0.3 is 0 Å². The third kappa shape index (κ3) is 4.38. The van der Waals surface area contributed by atoms with Gasteiger partial charge in [0.15, 0.2) is 0 Å². The SMILES string of the molecule is O=C(Cc1ccccn1)N1CC(=O)N2[C@H](CO)[C@@H](c3ccc(C#CC4CCCC4)cc3)[C@@H]2C1. The van der Waals surface area contributed by atoms with Crippen molar-refractivity contribution in [2.75, 3.05) is 19.7 Å². The summed E-state index contributed by atoms with van der Waals surface area (Å²) in [6.45, 7) is 0.445. The fraction of sp³-hybridized carbons (Fsp3) is 0.444. The van der Waals surface area contributed by atoms with Crippen LogP contribution >= 0.6 is 0 Å². The molecule has 0 unspecified atom stereocenters. The van der Waals surface area contributed by atoms with Crippen LogP contribution < -0.4 is 0 Å². The Bertz CT molecular complexity index is 1070. The summed E-state index contributed by atoms with van der Waals surface area (Å²) in [5, 5.41) is 10.00. The zero-order valence-electron chi connectivity index (χ0n) is 18.7. The Morgan fingerprint density at radius 1 is 1.12 bits per heavy atom. The quantitative estimate of drug-likeness (QED) is 0.737. The van der Waals surface area contributed by atoms with Crippen LogP contribution in [0, 0.1) is 17.8 Å². The second-order valence-electron chi connectivity index (χ2n) is 9.29. The molecule has 0 spiro atoms. The van der Waals surface area contributed by atoms with Gasteiger partial charge in [-0.25, -0.2) is 0 Å². The number of carbonyl (C=O) groups excluding carboxylic acids is 2. The average Bonchev–Trinajstić information content (AvgIpc) is 3.34. The largest absolute Gasteiger partial charge is 0.394 e. The molecule has 1 aliphatic carbocycles. The van der Waals surface area contributed by atoms with E-state index >= 15 is 0 Å². The maximum atomic E-state index is 12.9. The van der Waals surface area contributed by atoms with Gasteiger partial charge in [0.1, 0.15) is 0 Å². The van der Waals surface area contributed by atoms with Gasteiger partial charge in [0.25, 0.3) is 0 Å². The van der Waals surface area contributed by atoms with Gasteiger partial charge in [-0.1, -0.05) is 42.9 Å². The number of piperazine rings is 1. The van der Waals surface area contributed by atoms with Crippen LogP contribution in [0.4, 0.5) is 0 Å². The van der Waals surface area contributed by atoms with Crippen LogP contribution in [0.3, 0.4) is 0 Å². The van der Waals surface area contributed by atoms with Crippen molar-refractivity contribution in [3.63, 3.8) is 0 Å². The molecule has 3 atom stereocenters. The molecule has 1 N–H and O–H groups in total. The Morgan fingerprint density at radius 2 is 1.91 bits per heavy atom. The number of hydrogen-bond donors (Lipinski definition) is 1. The lowest BCUT2D eigenvalue weighted by atomic mass is 9.73. The molecular weight excluding hydrogens is 414 g/mol. The molecule has 170 valence electrons. The number of aromatic nitrogens is 1. The lowest BCUT2D eigenvalue weighted by Gasteiger charge is -2.58. The standard InChI is InChI=1S/C27H29N3O3/c31-18-24-27(21-12-10-20(11-13-21)9-8-19-5-1-2-6-19)23-16-29(17-26(33)30(23)24)25(32)15-22-7-3-4-14-28-22/h3-4,7,10-14,19,23-24,27,31H,1-2,5-6,15-18H2/t23-,24+,27-/m0/s1. The average molecular weight is 444 g/mol. The predicted octanol–water partition coefficient (Wildman–Crippen LogP) is 2.36. The van der Waals surface area contributed by atoms with E-state index < -0.39 is 0 Å². The minimum atomic E-state index is -0.244. The van der Waals surface area contributed by atoms with E-state index in [1.165, 1.54) is 25.7 Å². The Balaban J connectivity index is 1.29. The molecule has 3 aliphatic rings. The number of aliphatic hydroxyl groups is 1. The molecule has 1 aromatic carbocycles. The first-order chi connectivity index (χ1) is 16.1. The molecule has 5 rings (SSSR count). The number of aliphatic hydroxyl groups excluding tert-OH is 1. The zero-order valence-corrected chi connectivity index (χ0v) is 18.7. The molecule has 2 saturated heterocycles. The summed E-state index contributed by atoms with van der Waals surface area (Å²) in [6, 6.07) is 13.3. The molecule has 6 nitrogen and oxygen atoms in total. The summed E-state index contributed by atoms with van der Waals surface area (Å²) >= 11 is 0. The molecule has 2 aromatic rings. The van der Waals surface area contributed by atoms with Gasteiger partial charge in [0.2, 0.25) is 11.8 Å². The molecule has 0 radical (unpaired) electrons. The summed E-state index contributed by atoms with van der Waals surface area (Å²) in [5.41, 5.74) is 2.77. The fourth-order valence-corrected chi connectivity index (χ4v) is 5.50. The van der Waals surface area contributed by atoms with Crippen molar-refractivity contribution in [3.05, 3.63) is 65.5 Å². The summed E-state index contributed by atoms with van der Waals surface area (Å²) < 4.78 is 0. The first kappa shape index (κ1) is 21.7. The maximum Gasteiger partial charge on any atom is 0.242 e. The van der Waals surface area contributed by atoms with Crippen LogP contribution in [0.15, 0.2) is 48.7 Å². The van der Waals surface area contributed by atoms with Gasteiger partial charge in [-0.3, -0.25) is 14.6 Å². The Labute approximate surface area is 194 Å². The van der Waals surface area contributed by atoms with Crippen LogP contribution in [-0.4, -0.2) is 63.5 Å². The third-order valence-corrected chi connectivity index (χ3v) is 7.23. The van der Waals surface area contributed by atoms with E-state index in [9.17, 15) is 14.7 Å². The number of nitrogens with zero attached hydrogens (tertiary/aromatic N) is 3. The van der Waals surface area contributed by atoms with Crippen molar-refractivity contribution < 1.29 is 14.7 Å². The molecule has 6 heteroatoms. The minimum Gasteiger partial charge on any atom is -0.394 e. The number of fused-ring (bicyclic) bond motifs is 1. The van der Waals surface area contributed by atoms with Gasteiger partial charge < -0.3 is 14.9 Å². The summed E-state index contributed by atoms with van der Waals surface area (Å²) in [4.78, 5) is 33.3. The van der Waals surface area contributed by atoms with E-state index in [1.807, 2.05) is 30.3 Å². The molecule has 33 heavy (non-hydrogen) atoms. The van der Waals surface area contributed by atoms with E-state index in [-0.39, 0.29) is 49.4 Å². The summed E-state index contributed by atoms with van der Waals surface area (Å²) in [5.74, 6) is 7.02. The molecule has 2 amide bonds. The second kappa shape index (κ2) is 9.36. The van der Waals surface area contributed by atoms with Crippen LogP contribution in [-0.2, 0) is 16.0 Å². The first-order valence-corrected chi connectivity index (χ1v) is 11.9. The number of rotatable bonds is 4. The van der Waals surface area contributed by atoms with Crippen LogP contribution in [0.2, 0.25) is 0 Å². The summed E-state index contributed by atoms with van der Waals surface area (Å²) in [6.07, 6.45) is 6.81. The fourth-order valence-electron chi connectivity index (χ4n) is 5.50. The predicted molar refractivity (Wildman–Crippen MR) is 124 cm³/mol. The smallest absolute Gasteiger partial charge is 0.242 e. The maximum absolute atomic E-state index is 12.9. The number of carbonyl (C=O) groups is 2. The Kier molecular flexibility index (Phi) is 6.15. The third-order valence-electron chi connectivity index (χ3n) is 7.23. The molecule has 2 aliphatic heterocycles. The van der Waals surface area contributed by atoms with Gasteiger partial charge in [0.05, 0.1) is 31.7 Å². The Morgan fingerprint density at radius 3 is 2.61 bits per heavy atom.